The van der Waals surface area contributed by atoms with Crippen LogP contribution in [0.2, 0.25) is 0 Å². The smallest absolute Gasteiger partial charge is 0.264 e. The summed E-state index contributed by atoms with van der Waals surface area (Å²) in [7, 11) is 0. The first-order chi connectivity index (χ1) is 12.9. The molecule has 0 spiro atoms. The number of ether oxygens (including phenoxy) is 1. The highest BCUT2D eigenvalue weighted by Crippen LogP contribution is 2.37. The maximum Gasteiger partial charge on any atom is 0.264 e. The van der Waals surface area contributed by atoms with Crippen molar-refractivity contribution < 1.29 is 14.3 Å². The molecule has 0 saturated heterocycles. The van der Waals surface area contributed by atoms with E-state index in [0.29, 0.717) is 16.3 Å². The number of primary amides is 1. The highest BCUT2D eigenvalue weighted by Gasteiger charge is 2.24. The molecule has 0 atom stereocenters. The first-order valence-electron chi connectivity index (χ1n) is 8.37. The van der Waals surface area contributed by atoms with E-state index in [1.54, 1.807) is 12.1 Å². The minimum atomic E-state index is -0.482. The standard InChI is InChI=1S/C18H18BrN3O3S2/c19-10-5-7-11(8-6-10)25-9-14(23)21-18(26)22-17-15(16(20)24)12-3-1-2-4-13(12)27-17/h5-8H,1-4,9H2,(H2,20,24)(H2,21,22,23,26). The molecule has 0 bridgehead atoms. The Hall–Kier alpha value is -1.97. The molecule has 1 aliphatic carbocycles. The molecule has 142 valence electrons. The zero-order valence-electron chi connectivity index (χ0n) is 14.3. The molecule has 0 saturated carbocycles. The molecule has 4 N–H and O–H groups in total. The summed E-state index contributed by atoms with van der Waals surface area (Å²) < 4.78 is 6.33. The Bertz CT molecular complexity index is 881. The second kappa shape index (κ2) is 8.81. The molecule has 3 rings (SSSR count). The molecule has 1 heterocycles. The minimum absolute atomic E-state index is 0.112. The van der Waals surface area contributed by atoms with Gasteiger partial charge < -0.3 is 15.8 Å². The lowest BCUT2D eigenvalue weighted by Crippen LogP contribution is -2.37. The number of nitrogens with two attached hydrogens (primary N) is 1. The van der Waals surface area contributed by atoms with Crippen LogP contribution in [0.1, 0.15) is 33.6 Å². The number of thiocarbonyl (C=S) groups is 1. The van der Waals surface area contributed by atoms with E-state index < -0.39 is 11.8 Å². The molecule has 6 nitrogen and oxygen atoms in total. The van der Waals surface area contributed by atoms with E-state index in [1.165, 1.54) is 11.3 Å². The third-order valence-corrected chi connectivity index (χ3v) is 6.02. The zero-order chi connectivity index (χ0) is 19.4. The second-order valence-electron chi connectivity index (χ2n) is 6.02. The van der Waals surface area contributed by atoms with Crippen LogP contribution in [0.25, 0.3) is 0 Å². The van der Waals surface area contributed by atoms with Crippen LogP contribution in [0.3, 0.4) is 0 Å². The van der Waals surface area contributed by atoms with Crippen LogP contribution in [0.4, 0.5) is 5.00 Å². The van der Waals surface area contributed by atoms with Crippen molar-refractivity contribution in [2.24, 2.45) is 5.73 Å². The van der Waals surface area contributed by atoms with Gasteiger partial charge in [-0.3, -0.25) is 14.9 Å². The van der Waals surface area contributed by atoms with Crippen molar-refractivity contribution >= 4 is 61.4 Å². The number of hydrogen-bond donors (Lipinski definition) is 3. The first-order valence-corrected chi connectivity index (χ1v) is 10.4. The Morgan fingerprint density at radius 1 is 1.22 bits per heavy atom. The van der Waals surface area contributed by atoms with Crippen molar-refractivity contribution in [2.75, 3.05) is 11.9 Å². The highest BCUT2D eigenvalue weighted by atomic mass is 79.9. The number of rotatable bonds is 5. The van der Waals surface area contributed by atoms with Gasteiger partial charge in [0, 0.05) is 9.35 Å². The van der Waals surface area contributed by atoms with Crippen LogP contribution in [-0.2, 0) is 17.6 Å². The first kappa shape index (κ1) is 19.8. The van der Waals surface area contributed by atoms with Gasteiger partial charge in [0.05, 0.1) is 5.56 Å². The van der Waals surface area contributed by atoms with Crippen LogP contribution >= 0.6 is 39.5 Å². The summed E-state index contributed by atoms with van der Waals surface area (Å²) in [6.45, 7) is -0.174. The number of aryl methyl sites for hydroxylation is 1. The SMILES string of the molecule is NC(=O)c1c(NC(=S)NC(=O)COc2ccc(Br)cc2)sc2c1CCCC2. The number of hydrogen-bond acceptors (Lipinski definition) is 5. The Labute approximate surface area is 174 Å². The fraction of sp³-hybridized carbons (Fsp3) is 0.278. The van der Waals surface area contributed by atoms with E-state index in [-0.39, 0.29) is 11.7 Å². The average Bonchev–Trinajstić information content (AvgIpc) is 2.99. The molecule has 1 aromatic heterocycles. The van der Waals surface area contributed by atoms with Gasteiger partial charge in [0.25, 0.3) is 11.8 Å². The molecule has 27 heavy (non-hydrogen) atoms. The number of carbonyl (C=O) groups excluding carboxylic acids is 2. The monoisotopic (exact) mass is 467 g/mol. The Morgan fingerprint density at radius 3 is 2.63 bits per heavy atom. The zero-order valence-corrected chi connectivity index (χ0v) is 17.6. The molecule has 0 fully saturated rings. The summed E-state index contributed by atoms with van der Waals surface area (Å²) in [6, 6.07) is 7.15. The number of benzene rings is 1. The van der Waals surface area contributed by atoms with Crippen molar-refractivity contribution in [3.63, 3.8) is 0 Å². The van der Waals surface area contributed by atoms with E-state index >= 15 is 0 Å². The molecular formula is C18H18BrN3O3S2. The second-order valence-corrected chi connectivity index (χ2v) is 8.45. The highest BCUT2D eigenvalue weighted by molar-refractivity contribution is 9.10. The molecule has 0 radical (unpaired) electrons. The molecule has 0 unspecified atom stereocenters. The van der Waals surface area contributed by atoms with Crippen molar-refractivity contribution in [1.82, 2.24) is 5.32 Å². The van der Waals surface area contributed by atoms with Crippen molar-refractivity contribution in [3.05, 3.63) is 44.7 Å². The number of nitrogens with one attached hydrogen (secondary N) is 2. The quantitative estimate of drug-likeness (QED) is 0.585. The average molecular weight is 468 g/mol. The normalized spacial score (nSPS) is 12.8. The van der Waals surface area contributed by atoms with E-state index in [4.69, 9.17) is 22.7 Å². The summed E-state index contributed by atoms with van der Waals surface area (Å²) in [5.41, 5.74) is 7.05. The molecule has 2 amide bonds. The van der Waals surface area contributed by atoms with Crippen LogP contribution < -0.4 is 21.1 Å². The van der Waals surface area contributed by atoms with Crippen LogP contribution in [-0.4, -0.2) is 23.5 Å². The van der Waals surface area contributed by atoms with E-state index in [9.17, 15) is 9.59 Å². The Balaban J connectivity index is 1.59. The third kappa shape index (κ3) is 5.06. The number of halogens is 1. The molecule has 1 aromatic carbocycles. The molecular weight excluding hydrogens is 450 g/mol. The summed E-state index contributed by atoms with van der Waals surface area (Å²) in [5, 5.41) is 6.20. The number of fused-ring (bicyclic) bond motifs is 1. The van der Waals surface area contributed by atoms with E-state index in [0.717, 1.165) is 40.6 Å². The van der Waals surface area contributed by atoms with Gasteiger partial charge in [0.2, 0.25) is 0 Å². The lowest BCUT2D eigenvalue weighted by atomic mass is 9.95. The minimum Gasteiger partial charge on any atom is -0.484 e. The van der Waals surface area contributed by atoms with Crippen molar-refractivity contribution in [1.29, 1.82) is 0 Å². The maximum atomic E-state index is 12.0. The van der Waals surface area contributed by atoms with E-state index in [2.05, 4.69) is 26.6 Å². The lowest BCUT2D eigenvalue weighted by Gasteiger charge is -2.12. The van der Waals surface area contributed by atoms with Gasteiger partial charge in [0.1, 0.15) is 10.8 Å². The van der Waals surface area contributed by atoms with Gasteiger partial charge in [-0.15, -0.1) is 11.3 Å². The van der Waals surface area contributed by atoms with Crippen LogP contribution in [0.5, 0.6) is 5.75 Å². The van der Waals surface area contributed by atoms with E-state index in [1.807, 2.05) is 12.1 Å². The van der Waals surface area contributed by atoms with Gasteiger partial charge >= 0.3 is 0 Å². The number of anilines is 1. The Kier molecular flexibility index (Phi) is 6.46. The fourth-order valence-electron chi connectivity index (χ4n) is 2.89. The molecule has 2 aromatic rings. The molecule has 1 aliphatic rings. The number of carbonyl (C=O) groups is 2. The third-order valence-electron chi connectivity index (χ3n) is 4.08. The van der Waals surface area contributed by atoms with Crippen molar-refractivity contribution in [2.45, 2.75) is 25.7 Å². The van der Waals surface area contributed by atoms with Gasteiger partial charge in [0.15, 0.2) is 11.7 Å². The fourth-order valence-corrected chi connectivity index (χ4v) is 4.74. The summed E-state index contributed by atoms with van der Waals surface area (Å²) in [5.74, 6) is -0.295. The van der Waals surface area contributed by atoms with Gasteiger partial charge in [-0.2, -0.15) is 0 Å². The van der Waals surface area contributed by atoms with Crippen molar-refractivity contribution in [3.8, 4) is 5.75 Å². The number of thiophene rings is 1. The largest absolute Gasteiger partial charge is 0.484 e. The van der Waals surface area contributed by atoms with Gasteiger partial charge in [-0.1, -0.05) is 15.9 Å². The predicted octanol–water partition coefficient (Wildman–Crippen LogP) is 3.38. The lowest BCUT2D eigenvalue weighted by molar-refractivity contribution is -0.121. The Morgan fingerprint density at radius 2 is 1.93 bits per heavy atom. The summed E-state index contributed by atoms with van der Waals surface area (Å²) in [4.78, 5) is 25.1. The van der Waals surface area contributed by atoms with Crippen LogP contribution in [0, 0.1) is 0 Å². The maximum absolute atomic E-state index is 12.0. The topological polar surface area (TPSA) is 93.5 Å². The van der Waals surface area contributed by atoms with Crippen LogP contribution in [0.15, 0.2) is 28.7 Å². The predicted molar refractivity (Wildman–Crippen MR) is 113 cm³/mol. The summed E-state index contributed by atoms with van der Waals surface area (Å²) in [6.07, 6.45) is 3.91. The van der Waals surface area contributed by atoms with Gasteiger partial charge in [-0.05, 0) is 67.7 Å². The van der Waals surface area contributed by atoms with Gasteiger partial charge in [-0.25, -0.2) is 0 Å². The number of amides is 2. The summed E-state index contributed by atoms with van der Waals surface area (Å²) >= 11 is 10.0. The molecule has 0 aliphatic heterocycles. The molecule has 9 heteroatoms.